The summed E-state index contributed by atoms with van der Waals surface area (Å²) >= 11 is 0. The van der Waals surface area contributed by atoms with Gasteiger partial charge in [0.15, 0.2) is 0 Å². The van der Waals surface area contributed by atoms with Crippen LogP contribution in [0.2, 0.25) is 0 Å². The summed E-state index contributed by atoms with van der Waals surface area (Å²) < 4.78 is 29.7. The maximum Gasteiger partial charge on any atom is 0.222 e. The van der Waals surface area contributed by atoms with Crippen LogP contribution in [0.3, 0.4) is 0 Å². The van der Waals surface area contributed by atoms with Gasteiger partial charge in [-0.15, -0.1) is 0 Å². The number of carbonyl (C=O) groups is 2. The zero-order valence-corrected chi connectivity index (χ0v) is 18.4. The first-order valence-electron chi connectivity index (χ1n) is 10.9. The molecule has 0 aliphatic carbocycles. The number of halogens is 2. The Kier molecular flexibility index (Phi) is 6.09. The first kappa shape index (κ1) is 22.1. The molecule has 5 nitrogen and oxygen atoms in total. The molecule has 0 atom stereocenters. The Morgan fingerprint density at radius 1 is 1.25 bits per heavy atom. The zero-order valence-electron chi connectivity index (χ0n) is 18.4. The first-order valence-corrected chi connectivity index (χ1v) is 10.9. The van der Waals surface area contributed by atoms with Gasteiger partial charge < -0.3 is 14.3 Å². The van der Waals surface area contributed by atoms with E-state index in [2.05, 4.69) is 4.98 Å². The number of pyridine rings is 1. The lowest BCUT2D eigenvalue weighted by Gasteiger charge is -2.29. The summed E-state index contributed by atoms with van der Waals surface area (Å²) in [7, 11) is 0. The van der Waals surface area contributed by atoms with E-state index in [1.807, 2.05) is 35.4 Å². The monoisotopic (exact) mass is 439 g/mol. The number of benzene rings is 1. The van der Waals surface area contributed by atoms with Gasteiger partial charge in [0.25, 0.3) is 0 Å². The molecule has 0 unspecified atom stereocenters. The average molecular weight is 440 g/mol. The highest BCUT2D eigenvalue weighted by atomic mass is 19.1. The molecule has 2 aromatic heterocycles. The van der Waals surface area contributed by atoms with E-state index < -0.39 is 17.0 Å². The van der Waals surface area contributed by atoms with E-state index in [-0.39, 0.29) is 12.5 Å². The predicted octanol–water partition coefficient (Wildman–Crippen LogP) is 4.64. The summed E-state index contributed by atoms with van der Waals surface area (Å²) in [5, 5.41) is 1.00. The second kappa shape index (κ2) is 8.81. The fourth-order valence-corrected chi connectivity index (χ4v) is 4.38. The molecule has 32 heavy (non-hydrogen) atoms. The minimum atomic E-state index is -0.613. The van der Waals surface area contributed by atoms with Gasteiger partial charge in [-0.3, -0.25) is 4.79 Å². The molecule has 0 saturated carbocycles. The van der Waals surface area contributed by atoms with Crippen LogP contribution in [0.15, 0.2) is 36.5 Å². The molecular weight excluding hydrogens is 412 g/mol. The summed E-state index contributed by atoms with van der Waals surface area (Å²) in [5.74, 6) is -1.16. The maximum atomic E-state index is 14.4. The molecule has 0 N–H and O–H groups in total. The third-order valence-corrected chi connectivity index (χ3v) is 6.24. The van der Waals surface area contributed by atoms with Crippen LogP contribution < -0.4 is 0 Å². The van der Waals surface area contributed by atoms with Gasteiger partial charge in [-0.25, -0.2) is 13.8 Å². The van der Waals surface area contributed by atoms with Crippen molar-refractivity contribution in [2.24, 2.45) is 5.41 Å². The SMILES string of the molecule is CC(C)(C=O)CCCC(=O)N1CCc2c(n(Cc3ccc(F)cc3F)c3ncccc23)C1. The van der Waals surface area contributed by atoms with E-state index in [1.165, 1.54) is 12.1 Å². The lowest BCUT2D eigenvalue weighted by Crippen LogP contribution is -2.36. The predicted molar refractivity (Wildman–Crippen MR) is 118 cm³/mol. The van der Waals surface area contributed by atoms with Gasteiger partial charge in [-0.05, 0) is 43.0 Å². The highest BCUT2D eigenvalue weighted by Gasteiger charge is 2.27. The Hall–Kier alpha value is -3.09. The van der Waals surface area contributed by atoms with E-state index in [9.17, 15) is 18.4 Å². The smallest absolute Gasteiger partial charge is 0.222 e. The summed E-state index contributed by atoms with van der Waals surface area (Å²) in [6.07, 6.45) is 5.03. The van der Waals surface area contributed by atoms with Gasteiger partial charge in [-0.1, -0.05) is 19.9 Å². The molecule has 4 rings (SSSR count). The van der Waals surface area contributed by atoms with Crippen LogP contribution >= 0.6 is 0 Å². The second-order valence-electron chi connectivity index (χ2n) is 9.15. The van der Waals surface area contributed by atoms with Gasteiger partial charge >= 0.3 is 0 Å². The Labute approximate surface area is 186 Å². The van der Waals surface area contributed by atoms with Crippen molar-refractivity contribution < 1.29 is 18.4 Å². The minimum absolute atomic E-state index is 0.0510. The molecule has 3 aromatic rings. The lowest BCUT2D eigenvalue weighted by atomic mass is 9.89. The largest absolute Gasteiger partial charge is 0.337 e. The molecular formula is C25H27F2N3O2. The molecule has 1 aliphatic rings. The number of hydrogen-bond acceptors (Lipinski definition) is 3. The third kappa shape index (κ3) is 4.42. The molecule has 7 heteroatoms. The zero-order chi connectivity index (χ0) is 22.9. The standard InChI is InChI=1S/C25H27F2N3O2/c1-25(2,16-31)10-3-6-23(32)29-12-9-19-20-5-4-11-28-24(20)30(22(19)15-29)14-17-7-8-18(26)13-21(17)27/h4-5,7-8,11,13,16H,3,6,9-10,12,14-15H2,1-2H3. The fourth-order valence-electron chi connectivity index (χ4n) is 4.38. The minimum Gasteiger partial charge on any atom is -0.337 e. The van der Waals surface area contributed by atoms with Crippen LogP contribution in [-0.2, 0) is 29.1 Å². The molecule has 0 bridgehead atoms. The van der Waals surface area contributed by atoms with Crippen molar-refractivity contribution in [2.75, 3.05) is 6.54 Å². The van der Waals surface area contributed by atoms with Crippen LogP contribution in [0.5, 0.6) is 0 Å². The van der Waals surface area contributed by atoms with Gasteiger partial charge in [0, 0.05) is 47.3 Å². The highest BCUT2D eigenvalue weighted by Crippen LogP contribution is 2.31. The normalized spacial score (nSPS) is 13.9. The number of hydrogen-bond donors (Lipinski definition) is 0. The summed E-state index contributed by atoms with van der Waals surface area (Å²) in [4.78, 5) is 30.3. The molecule has 0 saturated heterocycles. The molecule has 0 spiro atoms. The maximum absolute atomic E-state index is 14.4. The third-order valence-electron chi connectivity index (χ3n) is 6.24. The van der Waals surface area contributed by atoms with E-state index >= 15 is 0 Å². The van der Waals surface area contributed by atoms with Gasteiger partial charge in [0.2, 0.25) is 5.91 Å². The fraction of sp³-hybridized carbons (Fsp3) is 0.400. The Bertz CT molecular complexity index is 1170. The Balaban J connectivity index is 1.59. The highest BCUT2D eigenvalue weighted by molar-refractivity contribution is 5.84. The summed E-state index contributed by atoms with van der Waals surface area (Å²) in [5.41, 5.74) is 2.75. The van der Waals surface area contributed by atoms with Crippen LogP contribution in [0, 0.1) is 17.0 Å². The molecule has 0 fully saturated rings. The lowest BCUT2D eigenvalue weighted by molar-refractivity contribution is -0.132. The first-order chi connectivity index (χ1) is 15.3. The van der Waals surface area contributed by atoms with Crippen molar-refractivity contribution in [1.29, 1.82) is 0 Å². The summed E-state index contributed by atoms with van der Waals surface area (Å²) in [6.45, 7) is 4.99. The number of fused-ring (bicyclic) bond motifs is 3. The van der Waals surface area contributed by atoms with E-state index in [4.69, 9.17) is 0 Å². The number of carbonyl (C=O) groups excluding carboxylic acids is 2. The number of amides is 1. The summed E-state index contributed by atoms with van der Waals surface area (Å²) in [6, 6.07) is 7.46. The molecule has 3 heterocycles. The molecule has 1 amide bonds. The van der Waals surface area contributed by atoms with Crippen molar-refractivity contribution in [3.05, 3.63) is 65.0 Å². The van der Waals surface area contributed by atoms with E-state index in [0.29, 0.717) is 44.3 Å². The number of nitrogens with zero attached hydrogens (tertiary/aromatic N) is 3. The van der Waals surface area contributed by atoms with Crippen LogP contribution in [0.25, 0.3) is 11.0 Å². The molecule has 1 aromatic carbocycles. The van der Waals surface area contributed by atoms with Crippen molar-refractivity contribution in [3.8, 4) is 0 Å². The van der Waals surface area contributed by atoms with E-state index in [1.54, 1.807) is 6.20 Å². The van der Waals surface area contributed by atoms with Crippen LogP contribution in [-0.4, -0.2) is 33.2 Å². The molecule has 1 aliphatic heterocycles. The van der Waals surface area contributed by atoms with Crippen molar-refractivity contribution >= 4 is 23.2 Å². The molecule has 0 radical (unpaired) electrons. The van der Waals surface area contributed by atoms with E-state index in [0.717, 1.165) is 34.6 Å². The van der Waals surface area contributed by atoms with Gasteiger partial charge in [-0.2, -0.15) is 0 Å². The number of aromatic nitrogens is 2. The van der Waals surface area contributed by atoms with Crippen LogP contribution in [0.1, 0.15) is 49.9 Å². The van der Waals surface area contributed by atoms with Crippen molar-refractivity contribution in [2.45, 2.75) is 52.6 Å². The Morgan fingerprint density at radius 3 is 2.81 bits per heavy atom. The second-order valence-corrected chi connectivity index (χ2v) is 9.15. The topological polar surface area (TPSA) is 55.2 Å². The quantitative estimate of drug-likeness (QED) is 0.504. The van der Waals surface area contributed by atoms with Gasteiger partial charge in [0.1, 0.15) is 23.6 Å². The Morgan fingerprint density at radius 2 is 2.06 bits per heavy atom. The number of aldehydes is 1. The van der Waals surface area contributed by atoms with Crippen molar-refractivity contribution in [3.63, 3.8) is 0 Å². The number of rotatable bonds is 7. The molecule has 168 valence electrons. The van der Waals surface area contributed by atoms with Crippen molar-refractivity contribution in [1.82, 2.24) is 14.5 Å². The average Bonchev–Trinajstić information content (AvgIpc) is 3.08. The van der Waals surface area contributed by atoms with Crippen LogP contribution in [0.4, 0.5) is 8.78 Å². The van der Waals surface area contributed by atoms with Gasteiger partial charge in [0.05, 0.1) is 13.1 Å².